The summed E-state index contributed by atoms with van der Waals surface area (Å²) in [5.41, 5.74) is 1.00. The molecule has 1 saturated heterocycles. The normalized spacial score (nSPS) is 20.6. The van der Waals surface area contributed by atoms with Crippen LogP contribution < -0.4 is 5.32 Å². The monoisotopic (exact) mass is 237 g/mol. The minimum atomic E-state index is 0.556. The lowest BCUT2D eigenvalue weighted by atomic mass is 9.90. The molecule has 1 atom stereocenters. The molecule has 0 aromatic carbocycles. The third kappa shape index (κ3) is 3.54. The van der Waals surface area contributed by atoms with Crippen LogP contribution in [0.15, 0.2) is 10.6 Å². The molecule has 1 aromatic rings. The van der Waals surface area contributed by atoms with Gasteiger partial charge in [-0.1, -0.05) is 5.16 Å². The zero-order valence-electron chi connectivity index (χ0n) is 11.1. The summed E-state index contributed by atoms with van der Waals surface area (Å²) in [7, 11) is 2.20. The summed E-state index contributed by atoms with van der Waals surface area (Å²) in [5.74, 6) is 1.67. The Bertz CT molecular complexity index is 342. The summed E-state index contributed by atoms with van der Waals surface area (Å²) in [6, 6.07) is 2.55. The van der Waals surface area contributed by atoms with Gasteiger partial charge in [0.05, 0.1) is 5.69 Å². The summed E-state index contributed by atoms with van der Waals surface area (Å²) >= 11 is 0. The molecule has 1 aliphatic rings. The van der Waals surface area contributed by atoms with Gasteiger partial charge in [-0.3, -0.25) is 0 Å². The van der Waals surface area contributed by atoms with E-state index < -0.39 is 0 Å². The summed E-state index contributed by atoms with van der Waals surface area (Å²) in [6.45, 7) is 7.46. The largest absolute Gasteiger partial charge is 0.361 e. The highest BCUT2D eigenvalue weighted by molar-refractivity contribution is 5.03. The van der Waals surface area contributed by atoms with Crippen molar-refractivity contribution in [1.29, 1.82) is 0 Å². The Kier molecular flexibility index (Phi) is 4.18. The molecule has 0 radical (unpaired) electrons. The van der Waals surface area contributed by atoms with Crippen LogP contribution in [0.2, 0.25) is 0 Å². The fourth-order valence-electron chi connectivity index (χ4n) is 2.46. The number of nitrogens with one attached hydrogen (secondary N) is 1. The second-order valence-corrected chi connectivity index (χ2v) is 5.24. The lowest BCUT2D eigenvalue weighted by Crippen LogP contribution is -2.40. The molecule has 1 unspecified atom stereocenters. The zero-order chi connectivity index (χ0) is 12.3. The number of aromatic nitrogens is 1. The molecule has 0 aliphatic carbocycles. The van der Waals surface area contributed by atoms with Crippen LogP contribution in [0.25, 0.3) is 0 Å². The summed E-state index contributed by atoms with van der Waals surface area (Å²) in [4.78, 5) is 2.41. The second kappa shape index (κ2) is 5.65. The summed E-state index contributed by atoms with van der Waals surface area (Å²) < 4.78 is 5.06. The van der Waals surface area contributed by atoms with E-state index in [0.717, 1.165) is 23.9 Å². The number of likely N-dealkylation sites (tertiary alicyclic amines) is 1. The Hall–Kier alpha value is -0.870. The molecule has 2 rings (SSSR count). The van der Waals surface area contributed by atoms with E-state index in [4.69, 9.17) is 4.52 Å². The van der Waals surface area contributed by atoms with Gasteiger partial charge in [0.25, 0.3) is 0 Å². The Morgan fingerprint density at radius 2 is 2.24 bits per heavy atom. The first-order valence-electron chi connectivity index (χ1n) is 6.49. The van der Waals surface area contributed by atoms with E-state index in [1.165, 1.54) is 25.9 Å². The molecule has 96 valence electrons. The first-order valence-corrected chi connectivity index (χ1v) is 6.49. The first kappa shape index (κ1) is 12.6. The number of hydrogen-bond donors (Lipinski definition) is 1. The molecule has 1 aromatic heterocycles. The van der Waals surface area contributed by atoms with Crippen LogP contribution in [0, 0.1) is 12.8 Å². The van der Waals surface area contributed by atoms with E-state index in [9.17, 15) is 0 Å². The Balaban J connectivity index is 1.75. The van der Waals surface area contributed by atoms with Crippen LogP contribution in [0.1, 0.15) is 31.2 Å². The minimum Gasteiger partial charge on any atom is -0.361 e. The lowest BCUT2D eigenvalue weighted by Gasteiger charge is -2.33. The predicted molar refractivity (Wildman–Crippen MR) is 67.8 cm³/mol. The van der Waals surface area contributed by atoms with Crippen molar-refractivity contribution >= 4 is 0 Å². The highest BCUT2D eigenvalue weighted by Gasteiger charge is 2.21. The molecule has 0 amide bonds. The highest BCUT2D eigenvalue weighted by Crippen LogP contribution is 2.19. The Labute approximate surface area is 103 Å². The number of rotatable bonds is 4. The summed E-state index contributed by atoms with van der Waals surface area (Å²) in [6.07, 6.45) is 2.59. The van der Waals surface area contributed by atoms with Crippen LogP contribution in [0.4, 0.5) is 0 Å². The van der Waals surface area contributed by atoms with Crippen molar-refractivity contribution in [3.8, 4) is 0 Å². The van der Waals surface area contributed by atoms with E-state index >= 15 is 0 Å². The molecular weight excluding hydrogens is 214 g/mol. The molecule has 2 heterocycles. The third-order valence-electron chi connectivity index (χ3n) is 3.75. The molecule has 1 aliphatic heterocycles. The van der Waals surface area contributed by atoms with Crippen molar-refractivity contribution in [1.82, 2.24) is 15.4 Å². The molecule has 1 N–H and O–H groups in total. The Morgan fingerprint density at radius 1 is 1.53 bits per heavy atom. The van der Waals surface area contributed by atoms with Crippen molar-refractivity contribution in [3.05, 3.63) is 17.5 Å². The fourth-order valence-corrected chi connectivity index (χ4v) is 2.46. The predicted octanol–water partition coefficient (Wildman–Crippen LogP) is 1.80. The average Bonchev–Trinajstić information content (AvgIpc) is 2.73. The molecule has 0 saturated carbocycles. The molecule has 4 nitrogen and oxygen atoms in total. The maximum atomic E-state index is 5.06. The van der Waals surface area contributed by atoms with Crippen molar-refractivity contribution < 1.29 is 4.52 Å². The molecular formula is C13H23N3O. The number of aryl methyl sites for hydroxylation is 1. The van der Waals surface area contributed by atoms with E-state index in [0.29, 0.717) is 6.04 Å². The van der Waals surface area contributed by atoms with Gasteiger partial charge in [-0.05, 0) is 52.7 Å². The van der Waals surface area contributed by atoms with Gasteiger partial charge >= 0.3 is 0 Å². The average molecular weight is 237 g/mol. The van der Waals surface area contributed by atoms with Crippen molar-refractivity contribution in [2.24, 2.45) is 5.92 Å². The molecule has 1 fully saturated rings. The maximum Gasteiger partial charge on any atom is 0.133 e. The van der Waals surface area contributed by atoms with Gasteiger partial charge in [-0.2, -0.15) is 0 Å². The van der Waals surface area contributed by atoms with Gasteiger partial charge in [0.1, 0.15) is 5.76 Å². The van der Waals surface area contributed by atoms with Crippen molar-refractivity contribution in [2.75, 3.05) is 20.1 Å². The standard InChI is InChI=1S/C13H23N3O/c1-10-8-13(15-17-10)9-14-11(2)12-4-6-16(3)7-5-12/h8,11-12,14H,4-7,9H2,1-3H3. The van der Waals surface area contributed by atoms with E-state index in [1.807, 2.05) is 13.0 Å². The maximum absolute atomic E-state index is 5.06. The topological polar surface area (TPSA) is 41.3 Å². The highest BCUT2D eigenvalue weighted by atomic mass is 16.5. The van der Waals surface area contributed by atoms with Gasteiger partial charge in [-0.25, -0.2) is 0 Å². The van der Waals surface area contributed by atoms with Crippen molar-refractivity contribution in [2.45, 2.75) is 39.3 Å². The number of nitrogens with zero attached hydrogens (tertiary/aromatic N) is 2. The third-order valence-corrected chi connectivity index (χ3v) is 3.75. The van der Waals surface area contributed by atoms with Gasteiger partial charge in [0, 0.05) is 18.7 Å². The minimum absolute atomic E-state index is 0.556. The van der Waals surface area contributed by atoms with Gasteiger partial charge in [0.2, 0.25) is 0 Å². The van der Waals surface area contributed by atoms with Crippen LogP contribution in [0.5, 0.6) is 0 Å². The fraction of sp³-hybridized carbons (Fsp3) is 0.769. The molecule has 0 bridgehead atoms. The van der Waals surface area contributed by atoms with Gasteiger partial charge in [0.15, 0.2) is 0 Å². The van der Waals surface area contributed by atoms with E-state index in [-0.39, 0.29) is 0 Å². The van der Waals surface area contributed by atoms with Crippen LogP contribution in [0.3, 0.4) is 0 Å². The van der Waals surface area contributed by atoms with Crippen molar-refractivity contribution in [3.63, 3.8) is 0 Å². The summed E-state index contributed by atoms with van der Waals surface area (Å²) in [5, 5.41) is 7.55. The SMILES string of the molecule is Cc1cc(CNC(C)C2CCN(C)CC2)no1. The van der Waals surface area contributed by atoms with Crippen LogP contribution >= 0.6 is 0 Å². The van der Waals surface area contributed by atoms with Gasteiger partial charge < -0.3 is 14.7 Å². The number of piperidine rings is 1. The first-order chi connectivity index (χ1) is 8.15. The molecule has 4 heteroatoms. The quantitative estimate of drug-likeness (QED) is 0.867. The smallest absolute Gasteiger partial charge is 0.133 e. The number of hydrogen-bond acceptors (Lipinski definition) is 4. The lowest BCUT2D eigenvalue weighted by molar-refractivity contribution is 0.189. The molecule has 0 spiro atoms. The van der Waals surface area contributed by atoms with E-state index in [1.54, 1.807) is 0 Å². The second-order valence-electron chi connectivity index (χ2n) is 5.24. The van der Waals surface area contributed by atoms with Gasteiger partial charge in [-0.15, -0.1) is 0 Å². The van der Waals surface area contributed by atoms with Crippen LogP contribution in [-0.4, -0.2) is 36.2 Å². The van der Waals surface area contributed by atoms with Crippen LogP contribution in [-0.2, 0) is 6.54 Å². The van der Waals surface area contributed by atoms with E-state index in [2.05, 4.69) is 29.3 Å². The Morgan fingerprint density at radius 3 is 2.82 bits per heavy atom. The molecule has 17 heavy (non-hydrogen) atoms. The zero-order valence-corrected chi connectivity index (χ0v) is 11.1.